The Hall–Kier alpha value is -2.43. The summed E-state index contributed by atoms with van der Waals surface area (Å²) < 4.78 is 5.82. The Morgan fingerprint density at radius 2 is 1.81 bits per heavy atom. The van der Waals surface area contributed by atoms with E-state index in [4.69, 9.17) is 4.74 Å². The molecule has 4 heteroatoms. The number of carbonyl (C=O) groups excluding carboxylic acids is 1. The molecule has 27 heavy (non-hydrogen) atoms. The zero-order chi connectivity index (χ0) is 18.5. The number of nitrogens with zero attached hydrogens (tertiary/aromatic N) is 2. The lowest BCUT2D eigenvalue weighted by molar-refractivity contribution is -0.150. The predicted octanol–water partition coefficient (Wildman–Crippen LogP) is 2.99. The molecule has 1 atom stereocenters. The summed E-state index contributed by atoms with van der Waals surface area (Å²) in [5.41, 5.74) is 3.82. The summed E-state index contributed by atoms with van der Waals surface area (Å²) in [6.07, 6.45) is 4.87. The van der Waals surface area contributed by atoms with Crippen molar-refractivity contribution in [3.05, 3.63) is 77.4 Å². The number of hydrogen-bond acceptors (Lipinski definition) is 3. The third-order valence-corrected chi connectivity index (χ3v) is 5.34. The van der Waals surface area contributed by atoms with E-state index in [-0.39, 0.29) is 12.0 Å². The molecule has 0 N–H and O–H groups in total. The Kier molecular flexibility index (Phi) is 5.66. The van der Waals surface area contributed by atoms with Crippen LogP contribution in [0.2, 0.25) is 0 Å². The van der Waals surface area contributed by atoms with Crippen LogP contribution < -0.4 is 0 Å². The minimum atomic E-state index is -0.353. The van der Waals surface area contributed by atoms with Crippen LogP contribution in [0.4, 0.5) is 0 Å². The molecule has 0 radical (unpaired) electrons. The Labute approximate surface area is 161 Å². The normalized spacial score (nSPS) is 20.6. The molecule has 1 fully saturated rings. The van der Waals surface area contributed by atoms with Crippen LogP contribution in [0.5, 0.6) is 0 Å². The molecule has 2 aliphatic rings. The summed E-state index contributed by atoms with van der Waals surface area (Å²) in [5.74, 6) is 0.126. The maximum Gasteiger partial charge on any atom is 0.253 e. The summed E-state index contributed by atoms with van der Waals surface area (Å²) in [5, 5.41) is 0. The van der Waals surface area contributed by atoms with E-state index in [0.717, 1.165) is 26.1 Å². The third-order valence-electron chi connectivity index (χ3n) is 5.34. The number of amides is 1. The van der Waals surface area contributed by atoms with E-state index in [0.29, 0.717) is 19.7 Å². The molecule has 0 saturated carbocycles. The van der Waals surface area contributed by atoms with Gasteiger partial charge >= 0.3 is 0 Å². The zero-order valence-electron chi connectivity index (χ0n) is 15.6. The summed E-state index contributed by atoms with van der Waals surface area (Å²) in [6, 6.07) is 18.7. The van der Waals surface area contributed by atoms with Gasteiger partial charge in [-0.3, -0.25) is 9.69 Å². The van der Waals surface area contributed by atoms with E-state index < -0.39 is 0 Å². The molecule has 0 aliphatic carbocycles. The molecule has 1 amide bonds. The van der Waals surface area contributed by atoms with E-state index in [1.807, 2.05) is 29.2 Å². The first-order valence-corrected chi connectivity index (χ1v) is 9.71. The predicted molar refractivity (Wildman–Crippen MR) is 107 cm³/mol. The highest BCUT2D eigenvalue weighted by atomic mass is 16.5. The van der Waals surface area contributed by atoms with E-state index in [9.17, 15) is 4.79 Å². The van der Waals surface area contributed by atoms with Crippen LogP contribution in [0, 0.1) is 0 Å². The van der Waals surface area contributed by atoms with Crippen molar-refractivity contribution in [1.82, 2.24) is 9.80 Å². The SMILES string of the molecule is O=C(C1CN(C/C=C/c2ccccc2)CCO1)N1CCc2ccccc2C1. The van der Waals surface area contributed by atoms with Crippen molar-refractivity contribution in [3.8, 4) is 0 Å². The van der Waals surface area contributed by atoms with Gasteiger partial charge in [-0.1, -0.05) is 66.7 Å². The van der Waals surface area contributed by atoms with Gasteiger partial charge < -0.3 is 9.64 Å². The first-order chi connectivity index (χ1) is 13.3. The highest BCUT2D eigenvalue weighted by Gasteiger charge is 2.31. The van der Waals surface area contributed by atoms with Crippen LogP contribution in [0.25, 0.3) is 6.08 Å². The molecule has 1 saturated heterocycles. The number of morpholine rings is 1. The second-order valence-corrected chi connectivity index (χ2v) is 7.21. The van der Waals surface area contributed by atoms with Gasteiger partial charge in [-0.15, -0.1) is 0 Å². The van der Waals surface area contributed by atoms with E-state index >= 15 is 0 Å². The highest BCUT2D eigenvalue weighted by molar-refractivity contribution is 5.81. The smallest absolute Gasteiger partial charge is 0.253 e. The van der Waals surface area contributed by atoms with Crippen molar-refractivity contribution >= 4 is 12.0 Å². The lowest BCUT2D eigenvalue weighted by Crippen LogP contribution is -2.51. The van der Waals surface area contributed by atoms with Crippen LogP contribution in [0.3, 0.4) is 0 Å². The average Bonchev–Trinajstić information content (AvgIpc) is 2.74. The minimum Gasteiger partial charge on any atom is -0.366 e. The molecule has 140 valence electrons. The Bertz CT molecular complexity index is 803. The van der Waals surface area contributed by atoms with Gasteiger partial charge in [0.05, 0.1) is 6.61 Å². The van der Waals surface area contributed by atoms with Gasteiger partial charge in [0.15, 0.2) is 0 Å². The largest absolute Gasteiger partial charge is 0.366 e. The fourth-order valence-electron chi connectivity index (χ4n) is 3.81. The topological polar surface area (TPSA) is 32.8 Å². The Morgan fingerprint density at radius 3 is 2.67 bits per heavy atom. The third kappa shape index (κ3) is 4.46. The van der Waals surface area contributed by atoms with Gasteiger partial charge in [0.1, 0.15) is 6.10 Å². The minimum absolute atomic E-state index is 0.126. The number of carbonyl (C=O) groups is 1. The second-order valence-electron chi connectivity index (χ2n) is 7.21. The first kappa shape index (κ1) is 18.0. The molecule has 0 spiro atoms. The summed E-state index contributed by atoms with van der Waals surface area (Å²) >= 11 is 0. The van der Waals surface area contributed by atoms with Gasteiger partial charge in [0.2, 0.25) is 0 Å². The van der Waals surface area contributed by atoms with Gasteiger partial charge in [-0.2, -0.15) is 0 Å². The molecule has 0 bridgehead atoms. The van der Waals surface area contributed by atoms with Gasteiger partial charge in [0, 0.05) is 32.7 Å². The van der Waals surface area contributed by atoms with E-state index in [1.54, 1.807) is 0 Å². The number of benzene rings is 2. The lowest BCUT2D eigenvalue weighted by atomic mass is 9.99. The second kappa shape index (κ2) is 8.51. The molecule has 0 aromatic heterocycles. The summed E-state index contributed by atoms with van der Waals surface area (Å²) in [4.78, 5) is 17.2. The lowest BCUT2D eigenvalue weighted by Gasteiger charge is -2.36. The van der Waals surface area contributed by atoms with Crippen LogP contribution in [0.15, 0.2) is 60.7 Å². The molecule has 4 nitrogen and oxygen atoms in total. The number of rotatable bonds is 4. The Morgan fingerprint density at radius 1 is 1.04 bits per heavy atom. The summed E-state index contributed by atoms with van der Waals surface area (Å²) in [6.45, 7) is 4.46. The fraction of sp³-hybridized carbons (Fsp3) is 0.348. The first-order valence-electron chi connectivity index (χ1n) is 9.71. The van der Waals surface area contributed by atoms with Crippen LogP contribution in [-0.4, -0.2) is 54.6 Å². The van der Waals surface area contributed by atoms with Crippen molar-refractivity contribution < 1.29 is 9.53 Å². The number of hydrogen-bond donors (Lipinski definition) is 0. The van der Waals surface area contributed by atoms with E-state index in [1.165, 1.54) is 16.7 Å². The van der Waals surface area contributed by atoms with Crippen LogP contribution in [-0.2, 0) is 22.5 Å². The maximum absolute atomic E-state index is 13.0. The molecule has 2 aliphatic heterocycles. The molecule has 1 unspecified atom stereocenters. The number of fused-ring (bicyclic) bond motifs is 1. The van der Waals surface area contributed by atoms with Crippen molar-refractivity contribution in [2.24, 2.45) is 0 Å². The maximum atomic E-state index is 13.0. The standard InChI is InChI=1S/C23H26N2O2/c26-23(25-14-12-20-10-4-5-11-21(20)17-25)22-18-24(15-16-27-22)13-6-9-19-7-2-1-3-8-19/h1-11,22H,12-18H2/b9-6+. The van der Waals surface area contributed by atoms with Gasteiger partial charge in [-0.05, 0) is 23.1 Å². The van der Waals surface area contributed by atoms with Crippen molar-refractivity contribution in [2.75, 3.05) is 32.8 Å². The average molecular weight is 362 g/mol. The van der Waals surface area contributed by atoms with Gasteiger partial charge in [0.25, 0.3) is 5.91 Å². The van der Waals surface area contributed by atoms with E-state index in [2.05, 4.69) is 47.4 Å². The molecule has 4 rings (SSSR count). The summed E-state index contributed by atoms with van der Waals surface area (Å²) in [7, 11) is 0. The molecule has 2 heterocycles. The molecular weight excluding hydrogens is 336 g/mol. The van der Waals surface area contributed by atoms with Crippen molar-refractivity contribution in [2.45, 2.75) is 19.1 Å². The molecular formula is C23H26N2O2. The molecule has 2 aromatic rings. The number of ether oxygens (including phenoxy) is 1. The van der Waals surface area contributed by atoms with Crippen LogP contribution >= 0.6 is 0 Å². The van der Waals surface area contributed by atoms with Crippen molar-refractivity contribution in [3.63, 3.8) is 0 Å². The Balaban J connectivity index is 1.33. The molecule has 2 aromatic carbocycles. The quantitative estimate of drug-likeness (QED) is 0.838. The zero-order valence-corrected chi connectivity index (χ0v) is 15.6. The van der Waals surface area contributed by atoms with Crippen molar-refractivity contribution in [1.29, 1.82) is 0 Å². The fourth-order valence-corrected chi connectivity index (χ4v) is 3.81. The highest BCUT2D eigenvalue weighted by Crippen LogP contribution is 2.20. The van der Waals surface area contributed by atoms with Crippen LogP contribution in [0.1, 0.15) is 16.7 Å². The monoisotopic (exact) mass is 362 g/mol. The van der Waals surface area contributed by atoms with Gasteiger partial charge in [-0.25, -0.2) is 0 Å².